The van der Waals surface area contributed by atoms with Crippen LogP contribution in [0.2, 0.25) is 0 Å². The van der Waals surface area contributed by atoms with Crippen LogP contribution in [0.1, 0.15) is 6.92 Å². The average Bonchev–Trinajstić information content (AvgIpc) is 2.23. The van der Waals surface area contributed by atoms with Crippen molar-refractivity contribution in [2.45, 2.75) is 6.92 Å². The van der Waals surface area contributed by atoms with E-state index in [-0.39, 0.29) is 0 Å². The van der Waals surface area contributed by atoms with E-state index in [1.54, 1.807) is 0 Å². The molecule has 0 unspecified atom stereocenters. The van der Waals surface area contributed by atoms with Gasteiger partial charge in [0.2, 0.25) is 0 Å². The van der Waals surface area contributed by atoms with Crippen molar-refractivity contribution >= 4 is 32.4 Å². The SMILES string of the molecule is CCOc1ccc2ccc(Br)cc2c1N. The summed E-state index contributed by atoms with van der Waals surface area (Å²) in [6, 6.07) is 9.97. The lowest BCUT2D eigenvalue weighted by Gasteiger charge is -2.09. The van der Waals surface area contributed by atoms with Crippen LogP contribution in [0.3, 0.4) is 0 Å². The van der Waals surface area contributed by atoms with Crippen molar-refractivity contribution in [2.75, 3.05) is 12.3 Å². The molecule has 78 valence electrons. The lowest BCUT2D eigenvalue weighted by atomic mass is 10.1. The summed E-state index contributed by atoms with van der Waals surface area (Å²) in [7, 11) is 0. The molecule has 0 fully saturated rings. The zero-order valence-electron chi connectivity index (χ0n) is 8.46. The maximum Gasteiger partial charge on any atom is 0.142 e. The molecule has 0 heterocycles. The first kappa shape index (κ1) is 10.3. The highest BCUT2D eigenvalue weighted by Crippen LogP contribution is 2.32. The zero-order chi connectivity index (χ0) is 10.8. The number of ether oxygens (including phenoxy) is 1. The molecule has 2 aromatic rings. The molecule has 0 aliphatic carbocycles. The van der Waals surface area contributed by atoms with Crippen molar-refractivity contribution < 1.29 is 4.74 Å². The maximum absolute atomic E-state index is 6.03. The standard InChI is InChI=1S/C12H12BrNO/c1-2-15-11-6-4-8-3-5-9(13)7-10(8)12(11)14/h3-7H,2,14H2,1H3. The molecule has 2 rings (SSSR count). The van der Waals surface area contributed by atoms with Gasteiger partial charge in [-0.25, -0.2) is 0 Å². The minimum Gasteiger partial charge on any atom is -0.492 e. The second-order valence-corrected chi connectivity index (χ2v) is 4.19. The van der Waals surface area contributed by atoms with Crippen LogP contribution >= 0.6 is 15.9 Å². The van der Waals surface area contributed by atoms with Gasteiger partial charge >= 0.3 is 0 Å². The Labute approximate surface area is 97.2 Å². The summed E-state index contributed by atoms with van der Waals surface area (Å²) < 4.78 is 6.47. The number of fused-ring (bicyclic) bond motifs is 1. The fraction of sp³-hybridized carbons (Fsp3) is 0.167. The van der Waals surface area contributed by atoms with Gasteiger partial charge in [0.25, 0.3) is 0 Å². The minimum atomic E-state index is 0.629. The van der Waals surface area contributed by atoms with Gasteiger partial charge < -0.3 is 10.5 Å². The average molecular weight is 266 g/mol. The maximum atomic E-state index is 6.03. The van der Waals surface area contributed by atoms with Crippen LogP contribution in [0.5, 0.6) is 5.75 Å². The number of nitrogen functional groups attached to an aromatic ring is 1. The Balaban J connectivity index is 2.65. The lowest BCUT2D eigenvalue weighted by Crippen LogP contribution is -1.97. The first-order valence-electron chi connectivity index (χ1n) is 4.83. The Morgan fingerprint density at radius 2 is 2.00 bits per heavy atom. The molecule has 0 aliphatic heterocycles. The van der Waals surface area contributed by atoms with Crippen molar-refractivity contribution in [1.82, 2.24) is 0 Å². The van der Waals surface area contributed by atoms with E-state index < -0.39 is 0 Å². The molecule has 0 bridgehead atoms. The predicted molar refractivity (Wildman–Crippen MR) is 67.2 cm³/mol. The summed E-state index contributed by atoms with van der Waals surface area (Å²) in [5.74, 6) is 0.753. The first-order valence-corrected chi connectivity index (χ1v) is 5.62. The molecule has 0 atom stereocenters. The Morgan fingerprint density at radius 1 is 1.27 bits per heavy atom. The van der Waals surface area contributed by atoms with Gasteiger partial charge in [-0.1, -0.05) is 28.1 Å². The molecule has 3 heteroatoms. The topological polar surface area (TPSA) is 35.2 Å². The van der Waals surface area contributed by atoms with E-state index in [1.807, 2.05) is 37.3 Å². The molecule has 2 aromatic carbocycles. The number of hydrogen-bond acceptors (Lipinski definition) is 2. The van der Waals surface area contributed by atoms with Crippen LogP contribution in [-0.4, -0.2) is 6.61 Å². The van der Waals surface area contributed by atoms with E-state index in [9.17, 15) is 0 Å². The Hall–Kier alpha value is -1.22. The van der Waals surface area contributed by atoms with E-state index in [0.717, 1.165) is 21.0 Å². The molecule has 0 amide bonds. The summed E-state index contributed by atoms with van der Waals surface area (Å²) in [4.78, 5) is 0. The Bertz CT molecular complexity index is 496. The Kier molecular flexibility index (Phi) is 2.82. The summed E-state index contributed by atoms with van der Waals surface area (Å²) in [6.45, 7) is 2.58. The quantitative estimate of drug-likeness (QED) is 0.843. The van der Waals surface area contributed by atoms with Gasteiger partial charge in [0.15, 0.2) is 0 Å². The van der Waals surface area contributed by atoms with Crippen molar-refractivity contribution in [3.63, 3.8) is 0 Å². The molecule has 0 saturated carbocycles. The van der Waals surface area contributed by atoms with Crippen molar-refractivity contribution in [3.8, 4) is 5.75 Å². The lowest BCUT2D eigenvalue weighted by molar-refractivity contribution is 0.342. The van der Waals surface area contributed by atoms with Gasteiger partial charge in [-0.05, 0) is 30.5 Å². The summed E-state index contributed by atoms with van der Waals surface area (Å²) in [5.41, 5.74) is 6.73. The number of anilines is 1. The number of hydrogen-bond donors (Lipinski definition) is 1. The van der Waals surface area contributed by atoms with Crippen LogP contribution in [0.4, 0.5) is 5.69 Å². The monoisotopic (exact) mass is 265 g/mol. The first-order chi connectivity index (χ1) is 7.22. The molecule has 0 radical (unpaired) electrons. The van der Waals surface area contributed by atoms with E-state index in [1.165, 1.54) is 0 Å². The van der Waals surface area contributed by atoms with E-state index in [0.29, 0.717) is 12.3 Å². The van der Waals surface area contributed by atoms with Crippen molar-refractivity contribution in [2.24, 2.45) is 0 Å². The highest BCUT2D eigenvalue weighted by atomic mass is 79.9. The summed E-state index contributed by atoms with van der Waals surface area (Å²) >= 11 is 3.43. The summed E-state index contributed by atoms with van der Waals surface area (Å²) in [6.07, 6.45) is 0. The molecule has 2 N–H and O–H groups in total. The van der Waals surface area contributed by atoms with E-state index >= 15 is 0 Å². The second-order valence-electron chi connectivity index (χ2n) is 3.28. The van der Waals surface area contributed by atoms with Gasteiger partial charge in [-0.2, -0.15) is 0 Å². The molecule has 15 heavy (non-hydrogen) atoms. The van der Waals surface area contributed by atoms with Crippen LogP contribution in [0, 0.1) is 0 Å². The summed E-state index contributed by atoms with van der Waals surface area (Å²) in [5, 5.41) is 2.15. The normalized spacial score (nSPS) is 10.5. The zero-order valence-corrected chi connectivity index (χ0v) is 10.0. The highest BCUT2D eigenvalue weighted by Gasteiger charge is 2.05. The van der Waals surface area contributed by atoms with E-state index in [4.69, 9.17) is 10.5 Å². The molecular weight excluding hydrogens is 254 g/mol. The molecule has 0 aromatic heterocycles. The third-order valence-corrected chi connectivity index (χ3v) is 2.78. The number of nitrogens with two attached hydrogens (primary N) is 1. The second kappa shape index (κ2) is 4.11. The van der Waals surface area contributed by atoms with Crippen LogP contribution < -0.4 is 10.5 Å². The van der Waals surface area contributed by atoms with Gasteiger partial charge in [0, 0.05) is 9.86 Å². The fourth-order valence-corrected chi connectivity index (χ4v) is 1.94. The number of halogens is 1. The number of rotatable bonds is 2. The molecule has 0 saturated heterocycles. The van der Waals surface area contributed by atoms with Crippen molar-refractivity contribution in [1.29, 1.82) is 0 Å². The third kappa shape index (κ3) is 1.92. The third-order valence-electron chi connectivity index (χ3n) is 2.29. The fourth-order valence-electron chi connectivity index (χ4n) is 1.58. The largest absolute Gasteiger partial charge is 0.492 e. The van der Waals surface area contributed by atoms with Crippen LogP contribution in [-0.2, 0) is 0 Å². The molecule has 0 spiro atoms. The van der Waals surface area contributed by atoms with Crippen molar-refractivity contribution in [3.05, 3.63) is 34.8 Å². The minimum absolute atomic E-state index is 0.629. The van der Waals surface area contributed by atoms with Gasteiger partial charge in [-0.3, -0.25) is 0 Å². The number of benzene rings is 2. The van der Waals surface area contributed by atoms with Crippen LogP contribution in [0.15, 0.2) is 34.8 Å². The van der Waals surface area contributed by atoms with Gasteiger partial charge in [0.1, 0.15) is 5.75 Å². The smallest absolute Gasteiger partial charge is 0.142 e. The molecular formula is C12H12BrNO. The van der Waals surface area contributed by atoms with Gasteiger partial charge in [0.05, 0.1) is 12.3 Å². The molecule has 0 aliphatic rings. The highest BCUT2D eigenvalue weighted by molar-refractivity contribution is 9.10. The predicted octanol–water partition coefficient (Wildman–Crippen LogP) is 3.58. The molecule has 2 nitrogen and oxygen atoms in total. The van der Waals surface area contributed by atoms with E-state index in [2.05, 4.69) is 15.9 Å². The van der Waals surface area contributed by atoms with Gasteiger partial charge in [-0.15, -0.1) is 0 Å². The van der Waals surface area contributed by atoms with Crippen LogP contribution in [0.25, 0.3) is 10.8 Å². The Morgan fingerprint density at radius 3 is 2.73 bits per heavy atom.